The molecule has 0 unspecified atom stereocenters. The van der Waals surface area contributed by atoms with Crippen LogP contribution in [-0.4, -0.2) is 34.3 Å². The van der Waals surface area contributed by atoms with Gasteiger partial charge in [-0.2, -0.15) is 0 Å². The van der Waals surface area contributed by atoms with Crippen molar-refractivity contribution in [1.29, 1.82) is 0 Å². The lowest BCUT2D eigenvalue weighted by atomic mass is 10.2. The van der Waals surface area contributed by atoms with Crippen molar-refractivity contribution in [3.63, 3.8) is 0 Å². The van der Waals surface area contributed by atoms with Crippen LogP contribution in [0.3, 0.4) is 0 Å². The standard InChI is InChI=1S/C16H20N4O3S/c1-10(2)8-20-14(22)11-6-4-5-7-12(11)18-16(20)24-9-13(21)19-15(23)17-3/h4-7,10H,8-9H2,1-3H3,(H2,17,19,21,23). The van der Waals surface area contributed by atoms with E-state index in [1.54, 1.807) is 22.8 Å². The van der Waals surface area contributed by atoms with E-state index in [1.807, 2.05) is 19.9 Å². The number of hydrogen-bond donors (Lipinski definition) is 2. The lowest BCUT2D eigenvalue weighted by molar-refractivity contribution is -0.117. The van der Waals surface area contributed by atoms with Crippen molar-refractivity contribution in [1.82, 2.24) is 20.2 Å². The Morgan fingerprint density at radius 1 is 1.29 bits per heavy atom. The molecule has 7 nitrogen and oxygen atoms in total. The number of nitrogens with zero attached hydrogens (tertiary/aromatic N) is 2. The minimum Gasteiger partial charge on any atom is -0.341 e. The molecule has 3 amide bonds. The Balaban J connectivity index is 2.32. The van der Waals surface area contributed by atoms with Gasteiger partial charge >= 0.3 is 6.03 Å². The number of thioether (sulfide) groups is 1. The molecule has 128 valence electrons. The number of para-hydroxylation sites is 1. The Morgan fingerprint density at radius 3 is 2.67 bits per heavy atom. The molecule has 0 atom stereocenters. The van der Waals surface area contributed by atoms with E-state index >= 15 is 0 Å². The van der Waals surface area contributed by atoms with Gasteiger partial charge < -0.3 is 5.32 Å². The predicted octanol–water partition coefficient (Wildman–Crippen LogP) is 1.60. The fourth-order valence-corrected chi connectivity index (χ4v) is 2.95. The van der Waals surface area contributed by atoms with Crippen LogP contribution in [0.15, 0.2) is 34.2 Å². The van der Waals surface area contributed by atoms with Gasteiger partial charge in [-0.3, -0.25) is 19.5 Å². The molecule has 0 aliphatic heterocycles. The molecule has 0 fully saturated rings. The van der Waals surface area contributed by atoms with Gasteiger partial charge in [-0.1, -0.05) is 37.7 Å². The van der Waals surface area contributed by atoms with E-state index in [0.29, 0.717) is 22.6 Å². The Kier molecular flexibility index (Phi) is 5.97. The van der Waals surface area contributed by atoms with Gasteiger partial charge in [-0.15, -0.1) is 0 Å². The smallest absolute Gasteiger partial charge is 0.321 e. The van der Waals surface area contributed by atoms with Crippen molar-refractivity contribution in [2.24, 2.45) is 5.92 Å². The summed E-state index contributed by atoms with van der Waals surface area (Å²) in [5.41, 5.74) is 0.472. The molecular weight excluding hydrogens is 328 g/mol. The number of hydrogen-bond acceptors (Lipinski definition) is 5. The Morgan fingerprint density at radius 2 is 2.00 bits per heavy atom. The van der Waals surface area contributed by atoms with Crippen LogP contribution in [0.4, 0.5) is 4.79 Å². The average Bonchev–Trinajstić information content (AvgIpc) is 2.55. The quantitative estimate of drug-likeness (QED) is 0.632. The molecule has 0 aliphatic rings. The summed E-state index contributed by atoms with van der Waals surface area (Å²) in [4.78, 5) is 40.1. The molecule has 0 saturated carbocycles. The molecule has 1 aromatic carbocycles. The van der Waals surface area contributed by atoms with E-state index in [0.717, 1.165) is 11.8 Å². The lowest BCUT2D eigenvalue weighted by Crippen LogP contribution is -2.38. The van der Waals surface area contributed by atoms with Crippen molar-refractivity contribution in [2.75, 3.05) is 12.8 Å². The highest BCUT2D eigenvalue weighted by Crippen LogP contribution is 2.18. The first-order valence-corrected chi connectivity index (χ1v) is 8.55. The second-order valence-electron chi connectivity index (χ2n) is 5.64. The first kappa shape index (κ1) is 18.0. The topological polar surface area (TPSA) is 93.1 Å². The van der Waals surface area contributed by atoms with Gasteiger partial charge in [0.15, 0.2) is 5.16 Å². The molecule has 24 heavy (non-hydrogen) atoms. The van der Waals surface area contributed by atoms with Gasteiger partial charge in [0.2, 0.25) is 5.91 Å². The zero-order valence-electron chi connectivity index (χ0n) is 13.8. The minimum absolute atomic E-state index is 0.00368. The van der Waals surface area contributed by atoms with Crippen molar-refractivity contribution < 1.29 is 9.59 Å². The van der Waals surface area contributed by atoms with Crippen LogP contribution >= 0.6 is 11.8 Å². The fraction of sp³-hybridized carbons (Fsp3) is 0.375. The number of fused-ring (bicyclic) bond motifs is 1. The second kappa shape index (κ2) is 7.96. The van der Waals surface area contributed by atoms with Gasteiger partial charge in [-0.25, -0.2) is 9.78 Å². The third-order valence-electron chi connectivity index (χ3n) is 3.19. The highest BCUT2D eigenvalue weighted by molar-refractivity contribution is 7.99. The van der Waals surface area contributed by atoms with Gasteiger partial charge in [0.1, 0.15) is 0 Å². The van der Waals surface area contributed by atoms with Crippen molar-refractivity contribution in [3.8, 4) is 0 Å². The summed E-state index contributed by atoms with van der Waals surface area (Å²) in [6.45, 7) is 4.53. The first-order chi connectivity index (χ1) is 11.4. The summed E-state index contributed by atoms with van der Waals surface area (Å²) in [6.07, 6.45) is 0. The van der Waals surface area contributed by atoms with Gasteiger partial charge in [0.05, 0.1) is 16.7 Å². The number of carbonyl (C=O) groups excluding carboxylic acids is 2. The number of amides is 3. The monoisotopic (exact) mass is 348 g/mol. The molecule has 2 rings (SSSR count). The number of rotatable bonds is 5. The maximum Gasteiger partial charge on any atom is 0.321 e. The van der Waals surface area contributed by atoms with Gasteiger partial charge in [-0.05, 0) is 18.1 Å². The fourth-order valence-electron chi connectivity index (χ4n) is 2.14. The number of aromatic nitrogens is 2. The van der Waals surface area contributed by atoms with E-state index in [4.69, 9.17) is 0 Å². The summed E-state index contributed by atoms with van der Waals surface area (Å²) in [5.74, 6) is -0.196. The predicted molar refractivity (Wildman–Crippen MR) is 94.2 cm³/mol. The number of urea groups is 1. The van der Waals surface area contributed by atoms with Crippen LogP contribution in [0.25, 0.3) is 10.9 Å². The summed E-state index contributed by atoms with van der Waals surface area (Å²) >= 11 is 1.14. The Hall–Kier alpha value is -2.35. The molecule has 0 radical (unpaired) electrons. The van der Waals surface area contributed by atoms with Crippen LogP contribution in [0.2, 0.25) is 0 Å². The average molecular weight is 348 g/mol. The summed E-state index contributed by atoms with van der Waals surface area (Å²) in [7, 11) is 1.43. The van der Waals surface area contributed by atoms with E-state index in [9.17, 15) is 14.4 Å². The van der Waals surface area contributed by atoms with Crippen molar-refractivity contribution in [2.45, 2.75) is 25.5 Å². The van der Waals surface area contributed by atoms with E-state index in [2.05, 4.69) is 15.6 Å². The number of imide groups is 1. The number of benzene rings is 1. The van der Waals surface area contributed by atoms with Crippen LogP contribution in [0, 0.1) is 5.92 Å². The largest absolute Gasteiger partial charge is 0.341 e. The molecule has 1 aromatic heterocycles. The lowest BCUT2D eigenvalue weighted by Gasteiger charge is -2.14. The van der Waals surface area contributed by atoms with Crippen LogP contribution in [0.5, 0.6) is 0 Å². The molecule has 1 heterocycles. The second-order valence-corrected chi connectivity index (χ2v) is 6.58. The Bertz CT molecular complexity index is 817. The molecule has 0 bridgehead atoms. The van der Waals surface area contributed by atoms with Crippen LogP contribution < -0.4 is 16.2 Å². The van der Waals surface area contributed by atoms with Crippen LogP contribution in [-0.2, 0) is 11.3 Å². The number of carbonyl (C=O) groups is 2. The highest BCUT2D eigenvalue weighted by atomic mass is 32.2. The zero-order chi connectivity index (χ0) is 17.7. The molecule has 0 saturated heterocycles. The van der Waals surface area contributed by atoms with E-state index < -0.39 is 11.9 Å². The van der Waals surface area contributed by atoms with E-state index in [-0.39, 0.29) is 17.2 Å². The molecule has 2 aromatic rings. The highest BCUT2D eigenvalue weighted by Gasteiger charge is 2.14. The summed E-state index contributed by atoms with van der Waals surface area (Å²) < 4.78 is 1.59. The molecule has 0 spiro atoms. The maximum absolute atomic E-state index is 12.7. The third kappa shape index (κ3) is 4.35. The number of nitrogens with one attached hydrogen (secondary N) is 2. The molecule has 2 N–H and O–H groups in total. The minimum atomic E-state index is -0.563. The van der Waals surface area contributed by atoms with Crippen molar-refractivity contribution in [3.05, 3.63) is 34.6 Å². The molecule has 8 heteroatoms. The maximum atomic E-state index is 12.7. The van der Waals surface area contributed by atoms with E-state index in [1.165, 1.54) is 7.05 Å². The Labute approximate surface area is 143 Å². The third-order valence-corrected chi connectivity index (χ3v) is 4.16. The van der Waals surface area contributed by atoms with Gasteiger partial charge in [0, 0.05) is 13.6 Å². The first-order valence-electron chi connectivity index (χ1n) is 7.56. The normalized spacial score (nSPS) is 10.8. The zero-order valence-corrected chi connectivity index (χ0v) is 14.6. The molecule has 0 aliphatic carbocycles. The summed E-state index contributed by atoms with van der Waals surface area (Å²) in [5, 5.41) is 5.53. The van der Waals surface area contributed by atoms with Crippen molar-refractivity contribution >= 4 is 34.6 Å². The van der Waals surface area contributed by atoms with Gasteiger partial charge in [0.25, 0.3) is 5.56 Å². The SMILES string of the molecule is CNC(=O)NC(=O)CSc1nc2ccccc2c(=O)n1CC(C)C. The van der Waals surface area contributed by atoms with Crippen LogP contribution in [0.1, 0.15) is 13.8 Å². The summed E-state index contributed by atoms with van der Waals surface area (Å²) in [6, 6.07) is 6.56. The molecular formula is C16H20N4O3S.